The van der Waals surface area contributed by atoms with E-state index in [9.17, 15) is 4.79 Å². The van der Waals surface area contributed by atoms with Crippen LogP contribution in [0.15, 0.2) is 42.6 Å². The van der Waals surface area contributed by atoms with Crippen molar-refractivity contribution in [3.05, 3.63) is 65.0 Å². The number of unbranched alkanes of at least 4 members (excludes halogenated alkanes) is 2. The molecule has 1 aromatic carbocycles. The molecule has 0 aliphatic rings. The Morgan fingerprint density at radius 3 is 2.42 bits per heavy atom. The molecular weight excluding hydrogens is 298 g/mol. The lowest BCUT2D eigenvalue weighted by molar-refractivity contribution is 0.0287. The summed E-state index contributed by atoms with van der Waals surface area (Å²) in [7, 11) is 0. The Morgan fingerprint density at radius 1 is 1.08 bits per heavy atom. The number of aryl methyl sites for hydroxylation is 2. The molecule has 24 heavy (non-hydrogen) atoms. The summed E-state index contributed by atoms with van der Waals surface area (Å²) in [5, 5.41) is 0. The van der Waals surface area contributed by atoms with Crippen LogP contribution >= 0.6 is 0 Å². The Kier molecular flexibility index (Phi) is 6.98. The van der Waals surface area contributed by atoms with Gasteiger partial charge in [-0.05, 0) is 43.9 Å². The van der Waals surface area contributed by atoms with Gasteiger partial charge in [0.1, 0.15) is 6.10 Å². The molecule has 0 fully saturated rings. The first-order valence-corrected chi connectivity index (χ1v) is 8.86. The normalized spacial score (nSPS) is 12.0. The lowest BCUT2D eigenvalue weighted by atomic mass is 10.1. The average Bonchev–Trinajstić information content (AvgIpc) is 2.61. The van der Waals surface area contributed by atoms with Gasteiger partial charge in [0.25, 0.3) is 0 Å². The third-order valence-electron chi connectivity index (χ3n) is 4.17. The van der Waals surface area contributed by atoms with Gasteiger partial charge in [-0.3, -0.25) is 4.98 Å². The number of benzene rings is 1. The van der Waals surface area contributed by atoms with Crippen molar-refractivity contribution in [2.75, 3.05) is 0 Å². The van der Waals surface area contributed by atoms with Crippen molar-refractivity contribution in [2.45, 2.75) is 59.0 Å². The van der Waals surface area contributed by atoms with Gasteiger partial charge in [-0.15, -0.1) is 0 Å². The summed E-state index contributed by atoms with van der Waals surface area (Å²) >= 11 is 0. The van der Waals surface area contributed by atoms with Crippen molar-refractivity contribution in [2.24, 2.45) is 0 Å². The molecule has 0 aliphatic heterocycles. The highest BCUT2D eigenvalue weighted by Gasteiger charge is 2.16. The molecule has 0 amide bonds. The molecule has 0 N–H and O–H groups in total. The fraction of sp³-hybridized carbons (Fsp3) is 0.429. The van der Waals surface area contributed by atoms with Crippen molar-refractivity contribution >= 4 is 5.97 Å². The van der Waals surface area contributed by atoms with E-state index in [4.69, 9.17) is 4.74 Å². The summed E-state index contributed by atoms with van der Waals surface area (Å²) in [4.78, 5) is 16.8. The minimum Gasteiger partial charge on any atom is -0.454 e. The van der Waals surface area contributed by atoms with Crippen LogP contribution in [0.3, 0.4) is 0 Å². The van der Waals surface area contributed by atoms with Crippen LogP contribution < -0.4 is 0 Å². The van der Waals surface area contributed by atoms with Gasteiger partial charge in [-0.1, -0.05) is 56.5 Å². The predicted molar refractivity (Wildman–Crippen MR) is 97.1 cm³/mol. The molecule has 0 aliphatic carbocycles. The van der Waals surface area contributed by atoms with E-state index in [1.807, 2.05) is 50.2 Å². The number of pyridine rings is 1. The largest absolute Gasteiger partial charge is 0.454 e. The van der Waals surface area contributed by atoms with Crippen LogP contribution in [0.2, 0.25) is 0 Å². The molecule has 0 saturated heterocycles. The van der Waals surface area contributed by atoms with Gasteiger partial charge in [-0.25, -0.2) is 4.79 Å². The van der Waals surface area contributed by atoms with Crippen molar-refractivity contribution in [3.63, 3.8) is 0 Å². The Hall–Kier alpha value is -2.16. The summed E-state index contributed by atoms with van der Waals surface area (Å²) < 4.78 is 5.67. The molecule has 1 heterocycles. The molecule has 3 nitrogen and oxygen atoms in total. The summed E-state index contributed by atoms with van der Waals surface area (Å²) in [5.41, 5.74) is 3.77. The van der Waals surface area contributed by atoms with Crippen molar-refractivity contribution < 1.29 is 9.53 Å². The highest BCUT2D eigenvalue weighted by molar-refractivity contribution is 5.89. The number of ether oxygens (including phenoxy) is 1. The predicted octanol–water partition coefficient (Wildman–Crippen LogP) is 5.43. The Morgan fingerprint density at radius 2 is 1.83 bits per heavy atom. The summed E-state index contributed by atoms with van der Waals surface area (Å²) in [5.74, 6) is -0.310. The van der Waals surface area contributed by atoms with Gasteiger partial charge < -0.3 is 4.74 Å². The zero-order valence-electron chi connectivity index (χ0n) is 14.9. The molecule has 0 radical (unpaired) electrons. The summed E-state index contributed by atoms with van der Waals surface area (Å²) in [6.07, 6.45) is 6.66. The fourth-order valence-corrected chi connectivity index (χ4v) is 2.61. The van der Waals surface area contributed by atoms with Crippen LogP contribution in [0, 0.1) is 6.92 Å². The maximum absolute atomic E-state index is 12.4. The third-order valence-corrected chi connectivity index (χ3v) is 4.17. The first kappa shape index (κ1) is 18.2. The topological polar surface area (TPSA) is 39.2 Å². The first-order chi connectivity index (χ1) is 11.6. The maximum atomic E-state index is 12.4. The number of nitrogens with zero attached hydrogens (tertiary/aromatic N) is 1. The smallest absolute Gasteiger partial charge is 0.340 e. The van der Waals surface area contributed by atoms with E-state index in [0.717, 1.165) is 30.5 Å². The van der Waals surface area contributed by atoms with E-state index < -0.39 is 0 Å². The second-order valence-electron chi connectivity index (χ2n) is 6.21. The minimum absolute atomic E-state index is 0.220. The van der Waals surface area contributed by atoms with Crippen LogP contribution in [0.4, 0.5) is 0 Å². The number of esters is 1. The quantitative estimate of drug-likeness (QED) is 0.480. The van der Waals surface area contributed by atoms with Gasteiger partial charge in [0.2, 0.25) is 0 Å². The lowest BCUT2D eigenvalue weighted by Crippen LogP contribution is -2.11. The second-order valence-corrected chi connectivity index (χ2v) is 6.21. The number of carbonyl (C=O) groups is 1. The Labute approximate surface area is 145 Å². The molecule has 128 valence electrons. The van der Waals surface area contributed by atoms with E-state index in [1.165, 1.54) is 18.4 Å². The number of carbonyl (C=O) groups excluding carboxylic acids is 1. The van der Waals surface area contributed by atoms with Gasteiger partial charge in [-0.2, -0.15) is 0 Å². The molecule has 0 spiro atoms. The van der Waals surface area contributed by atoms with Crippen LogP contribution in [-0.2, 0) is 11.2 Å². The van der Waals surface area contributed by atoms with E-state index in [2.05, 4.69) is 11.9 Å². The van der Waals surface area contributed by atoms with Crippen LogP contribution in [0.5, 0.6) is 0 Å². The van der Waals surface area contributed by atoms with Gasteiger partial charge in [0, 0.05) is 11.9 Å². The lowest BCUT2D eigenvalue weighted by Gasteiger charge is -2.17. The Balaban J connectivity index is 1.98. The van der Waals surface area contributed by atoms with E-state index >= 15 is 0 Å². The highest BCUT2D eigenvalue weighted by Crippen LogP contribution is 2.23. The van der Waals surface area contributed by atoms with Gasteiger partial charge in [0.15, 0.2) is 0 Å². The monoisotopic (exact) mass is 325 g/mol. The number of rotatable bonds is 8. The maximum Gasteiger partial charge on any atom is 0.340 e. The number of hydrogen-bond acceptors (Lipinski definition) is 3. The molecule has 1 atom stereocenters. The summed E-state index contributed by atoms with van der Waals surface area (Å²) in [6, 6.07) is 11.9. The molecule has 2 rings (SSSR count). The highest BCUT2D eigenvalue weighted by atomic mass is 16.5. The van der Waals surface area contributed by atoms with Crippen LogP contribution in [0.1, 0.15) is 72.8 Å². The van der Waals surface area contributed by atoms with Crippen molar-refractivity contribution in [1.29, 1.82) is 0 Å². The van der Waals surface area contributed by atoms with E-state index in [-0.39, 0.29) is 12.1 Å². The molecule has 0 saturated carbocycles. The molecule has 3 heteroatoms. The summed E-state index contributed by atoms with van der Waals surface area (Å²) in [6.45, 7) is 6.25. The SMILES string of the molecule is CCCCCc1ccc(C(=O)OC(CC)c2ccc(C)cc2)cn1. The zero-order valence-corrected chi connectivity index (χ0v) is 14.9. The van der Waals surface area contributed by atoms with E-state index in [1.54, 1.807) is 6.20 Å². The van der Waals surface area contributed by atoms with Gasteiger partial charge in [0.05, 0.1) is 5.56 Å². The average molecular weight is 325 g/mol. The van der Waals surface area contributed by atoms with Crippen molar-refractivity contribution in [1.82, 2.24) is 4.98 Å². The Bertz CT molecular complexity index is 632. The molecule has 2 aromatic rings. The minimum atomic E-state index is -0.310. The van der Waals surface area contributed by atoms with Gasteiger partial charge >= 0.3 is 5.97 Å². The number of hydrogen-bond donors (Lipinski definition) is 0. The molecule has 0 bridgehead atoms. The number of aromatic nitrogens is 1. The van der Waals surface area contributed by atoms with Crippen LogP contribution in [0.25, 0.3) is 0 Å². The standard InChI is InChI=1S/C21H27NO2/c1-4-6-7-8-19-14-13-18(15-22-19)21(23)24-20(5-2)17-11-9-16(3)10-12-17/h9-15,20H,4-8H2,1-3H3. The first-order valence-electron chi connectivity index (χ1n) is 8.86. The second kappa shape index (κ2) is 9.21. The molecule has 1 unspecified atom stereocenters. The van der Waals surface area contributed by atoms with Crippen molar-refractivity contribution in [3.8, 4) is 0 Å². The fourth-order valence-electron chi connectivity index (χ4n) is 2.61. The molecular formula is C21H27NO2. The molecule has 1 aromatic heterocycles. The van der Waals surface area contributed by atoms with E-state index in [0.29, 0.717) is 5.56 Å². The van der Waals surface area contributed by atoms with Crippen LogP contribution in [-0.4, -0.2) is 11.0 Å². The third kappa shape index (κ3) is 5.19. The zero-order chi connectivity index (χ0) is 17.4.